The van der Waals surface area contributed by atoms with Crippen LogP contribution >= 0.6 is 24.0 Å². The van der Waals surface area contributed by atoms with E-state index in [1.807, 2.05) is 0 Å². The van der Waals surface area contributed by atoms with E-state index in [-0.39, 0.29) is 24.0 Å². The highest BCUT2D eigenvalue weighted by Crippen LogP contribution is 2.26. The predicted molar refractivity (Wildman–Crippen MR) is 80.4 cm³/mol. The van der Waals surface area contributed by atoms with Crippen molar-refractivity contribution >= 4 is 29.9 Å². The van der Waals surface area contributed by atoms with E-state index in [9.17, 15) is 0 Å². The molecule has 16 heavy (non-hydrogen) atoms. The van der Waals surface area contributed by atoms with Gasteiger partial charge in [0, 0.05) is 18.1 Å². The quantitative estimate of drug-likeness (QED) is 0.452. The van der Waals surface area contributed by atoms with Gasteiger partial charge in [-0.3, -0.25) is 9.89 Å². The molecule has 1 fully saturated rings. The van der Waals surface area contributed by atoms with Crippen molar-refractivity contribution in [3.8, 4) is 0 Å². The van der Waals surface area contributed by atoms with Crippen LogP contribution in [0.1, 0.15) is 33.6 Å². The van der Waals surface area contributed by atoms with E-state index in [0.717, 1.165) is 12.6 Å². The number of rotatable bonds is 5. The van der Waals surface area contributed by atoms with Gasteiger partial charge in [-0.05, 0) is 40.7 Å². The van der Waals surface area contributed by atoms with Crippen molar-refractivity contribution in [3.63, 3.8) is 0 Å². The lowest BCUT2D eigenvalue weighted by Gasteiger charge is -2.23. The lowest BCUT2D eigenvalue weighted by Crippen LogP contribution is -2.39. The Balaban J connectivity index is 0.00000225. The molecule has 0 saturated heterocycles. The standard InChI is InChI=1S/C11H24N4.HI/c1-8(2)14-11(12)13-7-9(3)15(4)10-5-6-10;/h8-10H,5-7H2,1-4H3,(H3,12,13,14);1H. The molecule has 1 unspecified atom stereocenters. The Hall–Kier alpha value is -0.0400. The van der Waals surface area contributed by atoms with Crippen molar-refractivity contribution in [1.29, 1.82) is 0 Å². The van der Waals surface area contributed by atoms with Gasteiger partial charge in [0.05, 0.1) is 6.54 Å². The Kier molecular flexibility index (Phi) is 7.30. The molecule has 0 bridgehead atoms. The molecule has 0 amide bonds. The van der Waals surface area contributed by atoms with Crippen LogP contribution in [0, 0.1) is 0 Å². The Bertz CT molecular complexity index is 226. The largest absolute Gasteiger partial charge is 0.370 e. The summed E-state index contributed by atoms with van der Waals surface area (Å²) in [7, 11) is 2.17. The first-order valence-corrected chi connectivity index (χ1v) is 5.79. The number of aliphatic imine (C=N–C) groups is 1. The molecule has 1 aliphatic rings. The van der Waals surface area contributed by atoms with Crippen molar-refractivity contribution in [2.24, 2.45) is 10.7 Å². The van der Waals surface area contributed by atoms with Crippen LogP contribution < -0.4 is 11.1 Å². The number of nitrogens with zero attached hydrogens (tertiary/aromatic N) is 2. The van der Waals surface area contributed by atoms with E-state index >= 15 is 0 Å². The molecular formula is C11H25IN4. The first-order valence-electron chi connectivity index (χ1n) is 5.79. The number of nitrogens with two attached hydrogens (primary N) is 1. The van der Waals surface area contributed by atoms with Gasteiger partial charge >= 0.3 is 0 Å². The summed E-state index contributed by atoms with van der Waals surface area (Å²) in [6.45, 7) is 7.09. The summed E-state index contributed by atoms with van der Waals surface area (Å²) in [5.74, 6) is 0.557. The van der Waals surface area contributed by atoms with Gasteiger partial charge in [0.2, 0.25) is 0 Å². The van der Waals surface area contributed by atoms with Crippen molar-refractivity contribution in [2.75, 3.05) is 13.6 Å². The Morgan fingerprint density at radius 3 is 2.44 bits per heavy atom. The average Bonchev–Trinajstić information content (AvgIpc) is 2.95. The van der Waals surface area contributed by atoms with E-state index in [2.05, 4.69) is 43.0 Å². The van der Waals surface area contributed by atoms with Crippen molar-refractivity contribution in [3.05, 3.63) is 0 Å². The molecule has 1 saturated carbocycles. The minimum atomic E-state index is 0. The van der Waals surface area contributed by atoms with Crippen LogP contribution in [-0.2, 0) is 0 Å². The maximum Gasteiger partial charge on any atom is 0.188 e. The van der Waals surface area contributed by atoms with Crippen molar-refractivity contribution in [2.45, 2.75) is 51.7 Å². The second kappa shape index (κ2) is 7.32. The zero-order valence-electron chi connectivity index (χ0n) is 10.7. The van der Waals surface area contributed by atoms with E-state index in [1.54, 1.807) is 0 Å². The van der Waals surface area contributed by atoms with E-state index in [1.165, 1.54) is 12.8 Å². The van der Waals surface area contributed by atoms with E-state index < -0.39 is 0 Å². The molecule has 0 aromatic heterocycles. The van der Waals surface area contributed by atoms with Crippen LogP contribution in [0.5, 0.6) is 0 Å². The molecule has 96 valence electrons. The topological polar surface area (TPSA) is 53.6 Å². The number of hydrogen-bond acceptors (Lipinski definition) is 2. The summed E-state index contributed by atoms with van der Waals surface area (Å²) in [5.41, 5.74) is 5.74. The Labute approximate surface area is 116 Å². The molecule has 0 aromatic rings. The molecule has 1 atom stereocenters. The number of nitrogens with one attached hydrogen (secondary N) is 1. The van der Waals surface area contributed by atoms with Gasteiger partial charge < -0.3 is 11.1 Å². The zero-order chi connectivity index (χ0) is 11.4. The minimum absolute atomic E-state index is 0. The molecule has 4 nitrogen and oxygen atoms in total. The smallest absolute Gasteiger partial charge is 0.188 e. The van der Waals surface area contributed by atoms with Crippen molar-refractivity contribution in [1.82, 2.24) is 10.2 Å². The monoisotopic (exact) mass is 340 g/mol. The lowest BCUT2D eigenvalue weighted by molar-refractivity contribution is 0.253. The van der Waals surface area contributed by atoms with Crippen LogP contribution in [0.25, 0.3) is 0 Å². The third-order valence-electron chi connectivity index (χ3n) is 2.78. The highest BCUT2D eigenvalue weighted by molar-refractivity contribution is 14.0. The first-order chi connectivity index (χ1) is 7.00. The first kappa shape index (κ1) is 16.0. The number of halogens is 1. The summed E-state index contributed by atoms with van der Waals surface area (Å²) in [6.07, 6.45) is 2.68. The van der Waals surface area contributed by atoms with Gasteiger partial charge in [-0.15, -0.1) is 24.0 Å². The van der Waals surface area contributed by atoms with E-state index in [0.29, 0.717) is 18.0 Å². The van der Waals surface area contributed by atoms with Gasteiger partial charge in [-0.25, -0.2) is 0 Å². The molecular weight excluding hydrogens is 315 g/mol. The third kappa shape index (κ3) is 5.89. The normalized spacial score (nSPS) is 18.5. The summed E-state index contributed by atoms with van der Waals surface area (Å²) >= 11 is 0. The molecule has 1 aliphatic carbocycles. The number of likely N-dealkylation sites (N-methyl/N-ethyl adjacent to an activating group) is 1. The Morgan fingerprint density at radius 2 is 2.00 bits per heavy atom. The lowest BCUT2D eigenvalue weighted by atomic mass is 10.3. The second-order valence-electron chi connectivity index (χ2n) is 4.77. The summed E-state index contributed by atoms with van der Waals surface area (Å²) < 4.78 is 0. The van der Waals surface area contributed by atoms with Crippen LogP contribution in [0.2, 0.25) is 0 Å². The van der Waals surface area contributed by atoms with Gasteiger partial charge in [-0.2, -0.15) is 0 Å². The second-order valence-corrected chi connectivity index (χ2v) is 4.77. The highest BCUT2D eigenvalue weighted by atomic mass is 127. The minimum Gasteiger partial charge on any atom is -0.370 e. The fourth-order valence-electron chi connectivity index (χ4n) is 1.54. The fourth-order valence-corrected chi connectivity index (χ4v) is 1.54. The molecule has 0 spiro atoms. The SMILES string of the molecule is CC(C)NC(N)=NCC(C)N(C)C1CC1.I. The van der Waals surface area contributed by atoms with Crippen LogP contribution in [-0.4, -0.2) is 42.6 Å². The maximum atomic E-state index is 5.74. The molecule has 0 radical (unpaired) electrons. The fraction of sp³-hybridized carbons (Fsp3) is 0.909. The zero-order valence-corrected chi connectivity index (χ0v) is 13.1. The average molecular weight is 340 g/mol. The Morgan fingerprint density at radius 1 is 1.44 bits per heavy atom. The van der Waals surface area contributed by atoms with Gasteiger partial charge in [0.1, 0.15) is 0 Å². The molecule has 1 rings (SSSR count). The molecule has 5 heteroatoms. The molecule has 3 N–H and O–H groups in total. The molecule has 0 heterocycles. The molecule has 0 aromatic carbocycles. The van der Waals surface area contributed by atoms with Gasteiger partial charge in [-0.1, -0.05) is 0 Å². The summed E-state index contributed by atoms with van der Waals surface area (Å²) in [5, 5.41) is 3.09. The number of hydrogen-bond donors (Lipinski definition) is 2. The van der Waals surface area contributed by atoms with Gasteiger partial charge in [0.25, 0.3) is 0 Å². The van der Waals surface area contributed by atoms with Crippen LogP contribution in [0.3, 0.4) is 0 Å². The van der Waals surface area contributed by atoms with Crippen LogP contribution in [0.15, 0.2) is 4.99 Å². The number of guanidine groups is 1. The third-order valence-corrected chi connectivity index (χ3v) is 2.78. The predicted octanol–water partition coefficient (Wildman–Crippen LogP) is 1.40. The summed E-state index contributed by atoms with van der Waals surface area (Å²) in [6, 6.07) is 1.62. The highest BCUT2D eigenvalue weighted by Gasteiger charge is 2.28. The van der Waals surface area contributed by atoms with Crippen molar-refractivity contribution < 1.29 is 0 Å². The van der Waals surface area contributed by atoms with E-state index in [4.69, 9.17) is 5.73 Å². The molecule has 0 aliphatic heterocycles. The maximum absolute atomic E-state index is 5.74. The van der Waals surface area contributed by atoms with Crippen LogP contribution in [0.4, 0.5) is 0 Å². The summed E-state index contributed by atoms with van der Waals surface area (Å²) in [4.78, 5) is 6.73. The van der Waals surface area contributed by atoms with Gasteiger partial charge in [0.15, 0.2) is 5.96 Å².